The van der Waals surface area contributed by atoms with E-state index in [0.717, 1.165) is 21.9 Å². The molecule has 0 saturated heterocycles. The Hall–Kier alpha value is -6.77. The molecular formula is C50H29NO. The molecule has 1 spiro atoms. The predicted octanol–water partition coefficient (Wildman–Crippen LogP) is 13.0. The van der Waals surface area contributed by atoms with Crippen LogP contribution < -0.4 is 0 Å². The number of benzene rings is 8. The molecule has 2 nitrogen and oxygen atoms in total. The van der Waals surface area contributed by atoms with E-state index in [4.69, 9.17) is 9.40 Å². The van der Waals surface area contributed by atoms with Gasteiger partial charge in [0.2, 0.25) is 0 Å². The number of nitrogens with zero attached hydrogens (tertiary/aromatic N) is 1. The van der Waals surface area contributed by atoms with Crippen molar-refractivity contribution in [2.45, 2.75) is 5.41 Å². The molecule has 10 aromatic rings. The molecule has 2 heterocycles. The Balaban J connectivity index is 1.21. The first kappa shape index (κ1) is 28.0. The van der Waals surface area contributed by atoms with Crippen LogP contribution in [-0.4, -0.2) is 4.98 Å². The fourth-order valence-corrected chi connectivity index (χ4v) is 9.76. The Kier molecular flexibility index (Phi) is 5.46. The van der Waals surface area contributed by atoms with Gasteiger partial charge in [0.05, 0.1) is 5.41 Å². The molecule has 2 aliphatic carbocycles. The van der Waals surface area contributed by atoms with Crippen LogP contribution >= 0.6 is 0 Å². The van der Waals surface area contributed by atoms with E-state index in [1.165, 1.54) is 88.3 Å². The molecule has 8 aromatic carbocycles. The van der Waals surface area contributed by atoms with E-state index in [0.29, 0.717) is 0 Å². The number of para-hydroxylation sites is 1. The van der Waals surface area contributed by atoms with Crippen molar-refractivity contribution < 1.29 is 4.42 Å². The van der Waals surface area contributed by atoms with Gasteiger partial charge < -0.3 is 4.42 Å². The molecule has 0 N–H and O–H groups in total. The van der Waals surface area contributed by atoms with Crippen LogP contribution in [0.25, 0.3) is 88.0 Å². The average Bonchev–Trinajstić information content (AvgIpc) is 3.82. The van der Waals surface area contributed by atoms with Crippen molar-refractivity contribution in [2.24, 2.45) is 0 Å². The Morgan fingerprint density at radius 2 is 0.962 bits per heavy atom. The van der Waals surface area contributed by atoms with Crippen molar-refractivity contribution in [1.29, 1.82) is 0 Å². The SMILES string of the molecule is c1ccc(-c2c3ccccc3c(-c3ccc4c(c3)C3(c5ccccc5-c5cc6oc7ccccc7c6cc53)c3ccncc3-4)c3ccccc23)cc1. The lowest BCUT2D eigenvalue weighted by Crippen LogP contribution is -2.26. The zero-order valence-corrected chi connectivity index (χ0v) is 28.1. The third-order valence-electron chi connectivity index (χ3n) is 11.8. The van der Waals surface area contributed by atoms with Gasteiger partial charge >= 0.3 is 0 Å². The van der Waals surface area contributed by atoms with Crippen LogP contribution in [0.15, 0.2) is 181 Å². The predicted molar refractivity (Wildman–Crippen MR) is 214 cm³/mol. The third kappa shape index (κ3) is 3.46. The third-order valence-corrected chi connectivity index (χ3v) is 11.8. The number of hydrogen-bond donors (Lipinski definition) is 0. The summed E-state index contributed by atoms with van der Waals surface area (Å²) >= 11 is 0. The monoisotopic (exact) mass is 659 g/mol. The lowest BCUT2D eigenvalue weighted by Gasteiger charge is -2.31. The van der Waals surface area contributed by atoms with Gasteiger partial charge in [-0.05, 0) is 113 Å². The Bertz CT molecular complexity index is 3080. The van der Waals surface area contributed by atoms with Gasteiger partial charge in [-0.2, -0.15) is 0 Å². The summed E-state index contributed by atoms with van der Waals surface area (Å²) in [7, 11) is 0. The summed E-state index contributed by atoms with van der Waals surface area (Å²) in [6, 6.07) is 60.2. The first-order valence-electron chi connectivity index (χ1n) is 17.9. The van der Waals surface area contributed by atoms with Gasteiger partial charge in [0.1, 0.15) is 11.2 Å². The number of aromatic nitrogens is 1. The van der Waals surface area contributed by atoms with Crippen LogP contribution in [0.2, 0.25) is 0 Å². The summed E-state index contributed by atoms with van der Waals surface area (Å²) < 4.78 is 6.47. The van der Waals surface area contributed by atoms with Crippen LogP contribution in [-0.2, 0) is 5.41 Å². The quantitative estimate of drug-likeness (QED) is 0.173. The summed E-state index contributed by atoms with van der Waals surface area (Å²) in [4.78, 5) is 4.69. The Morgan fingerprint density at radius 3 is 1.73 bits per heavy atom. The maximum Gasteiger partial charge on any atom is 0.136 e. The highest BCUT2D eigenvalue weighted by Crippen LogP contribution is 2.64. The fraction of sp³-hybridized carbons (Fsp3) is 0.0200. The van der Waals surface area contributed by atoms with Crippen molar-refractivity contribution in [3.8, 4) is 44.5 Å². The molecular weight excluding hydrogens is 631 g/mol. The van der Waals surface area contributed by atoms with Gasteiger partial charge in [-0.3, -0.25) is 4.98 Å². The van der Waals surface area contributed by atoms with E-state index in [-0.39, 0.29) is 0 Å². The molecule has 240 valence electrons. The number of hydrogen-bond acceptors (Lipinski definition) is 2. The number of pyridine rings is 1. The standard InChI is InChI=1S/C50H29NO/c1-2-12-30(13-3-1)48-35-16-4-6-18-37(35)49(38-19-7-5-17-36(38)48)31-22-23-33-41-29-51-25-24-43(41)50(44(33)26-31)42-20-10-8-14-32(42)39-28-47-40(27-45(39)50)34-15-9-11-21-46(34)52-47/h1-29H. The molecule has 1 atom stereocenters. The van der Waals surface area contributed by atoms with Gasteiger partial charge in [-0.1, -0.05) is 133 Å². The first-order chi connectivity index (χ1) is 25.8. The molecule has 12 rings (SSSR count). The minimum absolute atomic E-state index is 0.516. The second-order valence-corrected chi connectivity index (χ2v) is 14.2. The van der Waals surface area contributed by atoms with E-state index < -0.39 is 5.41 Å². The zero-order valence-electron chi connectivity index (χ0n) is 28.1. The molecule has 0 aliphatic heterocycles. The van der Waals surface area contributed by atoms with Crippen molar-refractivity contribution >= 4 is 43.5 Å². The number of fused-ring (bicyclic) bond motifs is 15. The second kappa shape index (κ2) is 10.2. The van der Waals surface area contributed by atoms with Gasteiger partial charge in [0.25, 0.3) is 0 Å². The van der Waals surface area contributed by atoms with E-state index in [1.54, 1.807) is 0 Å². The van der Waals surface area contributed by atoms with Gasteiger partial charge in [-0.15, -0.1) is 0 Å². The summed E-state index contributed by atoms with van der Waals surface area (Å²) in [5.74, 6) is 0. The van der Waals surface area contributed by atoms with Crippen molar-refractivity contribution in [3.05, 3.63) is 198 Å². The molecule has 0 radical (unpaired) electrons. The second-order valence-electron chi connectivity index (χ2n) is 14.2. The van der Waals surface area contributed by atoms with Gasteiger partial charge in [-0.25, -0.2) is 0 Å². The zero-order chi connectivity index (χ0) is 34.0. The molecule has 0 bridgehead atoms. The van der Waals surface area contributed by atoms with Crippen molar-refractivity contribution in [2.75, 3.05) is 0 Å². The molecule has 2 aromatic heterocycles. The smallest absolute Gasteiger partial charge is 0.136 e. The highest BCUT2D eigenvalue weighted by Gasteiger charge is 2.52. The van der Waals surface area contributed by atoms with Crippen LogP contribution in [0, 0.1) is 0 Å². The topological polar surface area (TPSA) is 26.0 Å². The van der Waals surface area contributed by atoms with E-state index in [1.807, 2.05) is 12.3 Å². The highest BCUT2D eigenvalue weighted by atomic mass is 16.3. The first-order valence-corrected chi connectivity index (χ1v) is 17.9. The Morgan fingerprint density at radius 1 is 0.365 bits per heavy atom. The summed E-state index contributed by atoms with van der Waals surface area (Å²) in [5.41, 5.74) is 16.4. The number of furan rings is 1. The normalized spacial score (nSPS) is 15.4. The maximum atomic E-state index is 6.47. The molecule has 2 aliphatic rings. The highest BCUT2D eigenvalue weighted by molar-refractivity contribution is 6.21. The number of rotatable bonds is 2. The van der Waals surface area contributed by atoms with Crippen LogP contribution in [0.5, 0.6) is 0 Å². The average molecular weight is 660 g/mol. The van der Waals surface area contributed by atoms with Crippen LogP contribution in [0.3, 0.4) is 0 Å². The molecule has 52 heavy (non-hydrogen) atoms. The minimum Gasteiger partial charge on any atom is -0.456 e. The summed E-state index contributed by atoms with van der Waals surface area (Å²) in [5, 5.41) is 7.32. The van der Waals surface area contributed by atoms with Gasteiger partial charge in [0.15, 0.2) is 0 Å². The minimum atomic E-state index is -0.516. The van der Waals surface area contributed by atoms with Crippen LogP contribution in [0.4, 0.5) is 0 Å². The lowest BCUT2D eigenvalue weighted by molar-refractivity contribution is 0.669. The molecule has 2 heteroatoms. The molecule has 1 unspecified atom stereocenters. The molecule has 0 amide bonds. The fourth-order valence-electron chi connectivity index (χ4n) is 9.76. The van der Waals surface area contributed by atoms with Gasteiger partial charge in [0, 0.05) is 28.7 Å². The van der Waals surface area contributed by atoms with Crippen molar-refractivity contribution in [1.82, 2.24) is 4.98 Å². The maximum absolute atomic E-state index is 6.47. The molecule has 0 fully saturated rings. The lowest BCUT2D eigenvalue weighted by atomic mass is 9.70. The van der Waals surface area contributed by atoms with Crippen LogP contribution in [0.1, 0.15) is 22.3 Å². The van der Waals surface area contributed by atoms with E-state index in [2.05, 4.69) is 164 Å². The van der Waals surface area contributed by atoms with E-state index >= 15 is 0 Å². The largest absolute Gasteiger partial charge is 0.456 e. The van der Waals surface area contributed by atoms with Crippen molar-refractivity contribution in [3.63, 3.8) is 0 Å². The summed E-state index contributed by atoms with van der Waals surface area (Å²) in [6.07, 6.45) is 4.03. The summed E-state index contributed by atoms with van der Waals surface area (Å²) in [6.45, 7) is 0. The Labute approximate surface area is 300 Å². The van der Waals surface area contributed by atoms with E-state index in [9.17, 15) is 0 Å². The molecule has 0 saturated carbocycles.